The lowest BCUT2D eigenvalue weighted by atomic mass is 9.86. The summed E-state index contributed by atoms with van der Waals surface area (Å²) in [6.45, 7) is 7.46. The van der Waals surface area contributed by atoms with Crippen LogP contribution in [0.15, 0.2) is 6.07 Å². The second-order valence-corrected chi connectivity index (χ2v) is 5.23. The molecule has 2 N–H and O–H groups in total. The smallest absolute Gasteiger partial charge is 0.132 e. The number of fused-ring (bicyclic) bond motifs is 1. The molecule has 0 amide bonds. The highest BCUT2D eigenvalue weighted by molar-refractivity contribution is 5.53. The summed E-state index contributed by atoms with van der Waals surface area (Å²) in [5.74, 6) is 1.15. The van der Waals surface area contributed by atoms with E-state index in [-0.39, 0.29) is 0 Å². The van der Waals surface area contributed by atoms with Gasteiger partial charge in [0, 0.05) is 5.56 Å². The molecule has 0 aromatic heterocycles. The van der Waals surface area contributed by atoms with E-state index in [1.807, 2.05) is 26.8 Å². The van der Waals surface area contributed by atoms with E-state index in [0.29, 0.717) is 5.75 Å². The Morgan fingerprint density at radius 3 is 2.65 bits per heavy atom. The molecular formula is C14H20O3. The zero-order valence-electron chi connectivity index (χ0n) is 10.9. The molecule has 0 spiro atoms. The second-order valence-electron chi connectivity index (χ2n) is 5.23. The highest BCUT2D eigenvalue weighted by atomic mass is 16.5. The van der Waals surface area contributed by atoms with Gasteiger partial charge in [-0.2, -0.15) is 0 Å². The Labute approximate surface area is 102 Å². The van der Waals surface area contributed by atoms with Crippen molar-refractivity contribution in [2.24, 2.45) is 0 Å². The molecule has 0 fully saturated rings. The van der Waals surface area contributed by atoms with E-state index in [1.165, 1.54) is 0 Å². The molecule has 2 rings (SSSR count). The molecule has 0 aliphatic carbocycles. The quantitative estimate of drug-likeness (QED) is 0.787. The van der Waals surface area contributed by atoms with Gasteiger partial charge in [0.15, 0.2) is 0 Å². The fourth-order valence-electron chi connectivity index (χ4n) is 2.35. The first-order valence-electron chi connectivity index (χ1n) is 6.04. The summed E-state index contributed by atoms with van der Waals surface area (Å²) in [5.41, 5.74) is 2.25. The van der Waals surface area contributed by atoms with Crippen molar-refractivity contribution in [3.8, 4) is 11.5 Å². The van der Waals surface area contributed by atoms with Crippen LogP contribution in [0.2, 0.25) is 0 Å². The molecule has 94 valence electrons. The van der Waals surface area contributed by atoms with Crippen LogP contribution in [-0.4, -0.2) is 21.9 Å². The summed E-state index contributed by atoms with van der Waals surface area (Å²) >= 11 is 0. The first kappa shape index (κ1) is 12.2. The molecule has 1 aromatic rings. The van der Waals surface area contributed by atoms with Crippen molar-refractivity contribution in [1.29, 1.82) is 0 Å². The molecule has 0 saturated heterocycles. The molecule has 2 unspecified atom stereocenters. The number of aromatic hydroxyl groups is 1. The molecular weight excluding hydrogens is 216 g/mol. The highest BCUT2D eigenvalue weighted by Gasteiger charge is 2.37. The number of ether oxygens (including phenoxy) is 1. The molecule has 2 atom stereocenters. The average Bonchev–Trinajstić information content (AvgIpc) is 2.25. The summed E-state index contributed by atoms with van der Waals surface area (Å²) in [7, 11) is 0. The molecule has 0 bridgehead atoms. The Hall–Kier alpha value is -1.22. The maximum Gasteiger partial charge on any atom is 0.132 e. The number of aliphatic hydroxyl groups excluding tert-OH is 1. The lowest BCUT2D eigenvalue weighted by molar-refractivity contribution is -0.0450. The predicted octanol–water partition coefficient (Wildman–Crippen LogP) is 2.47. The monoisotopic (exact) mass is 236 g/mol. The van der Waals surface area contributed by atoms with Gasteiger partial charge in [0.25, 0.3) is 0 Å². The average molecular weight is 236 g/mol. The van der Waals surface area contributed by atoms with Crippen molar-refractivity contribution in [2.45, 2.75) is 52.2 Å². The summed E-state index contributed by atoms with van der Waals surface area (Å²) < 4.78 is 5.94. The van der Waals surface area contributed by atoms with Gasteiger partial charge in [-0.05, 0) is 57.7 Å². The third-order valence-electron chi connectivity index (χ3n) is 3.92. The third-order valence-corrected chi connectivity index (χ3v) is 3.92. The fraction of sp³-hybridized carbons (Fsp3) is 0.571. The standard InChI is InChI=1S/C14H20O3/c1-8-7-12-11(9(2)13(8)16)5-6-14(4,17-12)10(3)15/h7,10,15-16H,5-6H2,1-4H3. The van der Waals surface area contributed by atoms with Crippen LogP contribution in [0, 0.1) is 13.8 Å². The normalized spacial score (nSPS) is 25.0. The van der Waals surface area contributed by atoms with Crippen LogP contribution in [0.25, 0.3) is 0 Å². The molecule has 1 aliphatic heterocycles. The summed E-state index contributed by atoms with van der Waals surface area (Å²) in [6.07, 6.45) is 1.09. The Balaban J connectivity index is 2.46. The molecule has 0 radical (unpaired) electrons. The summed E-state index contributed by atoms with van der Waals surface area (Å²) in [4.78, 5) is 0. The number of rotatable bonds is 1. The second kappa shape index (κ2) is 3.91. The number of aliphatic hydroxyl groups is 1. The van der Waals surface area contributed by atoms with Gasteiger partial charge in [-0.3, -0.25) is 0 Å². The first-order chi connectivity index (χ1) is 7.85. The van der Waals surface area contributed by atoms with Crippen molar-refractivity contribution >= 4 is 0 Å². The van der Waals surface area contributed by atoms with Crippen molar-refractivity contribution in [1.82, 2.24) is 0 Å². The van der Waals surface area contributed by atoms with Crippen LogP contribution >= 0.6 is 0 Å². The molecule has 1 aromatic carbocycles. The summed E-state index contributed by atoms with van der Waals surface area (Å²) in [5, 5.41) is 19.7. The van der Waals surface area contributed by atoms with Gasteiger partial charge in [-0.15, -0.1) is 0 Å². The molecule has 3 nitrogen and oxygen atoms in total. The zero-order chi connectivity index (χ0) is 12.8. The largest absolute Gasteiger partial charge is 0.507 e. The van der Waals surface area contributed by atoms with E-state index in [9.17, 15) is 10.2 Å². The molecule has 1 aliphatic rings. The summed E-state index contributed by atoms with van der Waals surface area (Å²) in [6, 6.07) is 1.86. The minimum atomic E-state index is -0.525. The lowest BCUT2D eigenvalue weighted by Crippen LogP contribution is -2.46. The van der Waals surface area contributed by atoms with Gasteiger partial charge in [-0.25, -0.2) is 0 Å². The van der Waals surface area contributed by atoms with Crippen LogP contribution in [0.4, 0.5) is 0 Å². The first-order valence-corrected chi connectivity index (χ1v) is 6.04. The van der Waals surface area contributed by atoms with E-state index in [4.69, 9.17) is 4.74 Å². The maximum atomic E-state index is 9.90. The molecule has 3 heteroatoms. The minimum absolute atomic E-state index is 0.355. The molecule has 0 saturated carbocycles. The highest BCUT2D eigenvalue weighted by Crippen LogP contribution is 2.40. The van der Waals surface area contributed by atoms with Gasteiger partial charge in [0.05, 0.1) is 6.10 Å². The van der Waals surface area contributed by atoms with Crippen molar-refractivity contribution < 1.29 is 14.9 Å². The Morgan fingerprint density at radius 2 is 2.06 bits per heavy atom. The Bertz CT molecular complexity index is 451. The minimum Gasteiger partial charge on any atom is -0.507 e. The number of benzene rings is 1. The number of hydrogen-bond acceptors (Lipinski definition) is 3. The predicted molar refractivity (Wildman–Crippen MR) is 66.6 cm³/mol. The van der Waals surface area contributed by atoms with Crippen molar-refractivity contribution in [2.75, 3.05) is 0 Å². The number of hydrogen-bond donors (Lipinski definition) is 2. The van der Waals surface area contributed by atoms with Crippen molar-refractivity contribution in [3.63, 3.8) is 0 Å². The van der Waals surface area contributed by atoms with Gasteiger partial charge < -0.3 is 14.9 Å². The maximum absolute atomic E-state index is 9.90. The number of aryl methyl sites for hydroxylation is 1. The van der Waals surface area contributed by atoms with Crippen molar-refractivity contribution in [3.05, 3.63) is 22.8 Å². The van der Waals surface area contributed by atoms with Crippen LogP contribution < -0.4 is 4.74 Å². The molecule has 17 heavy (non-hydrogen) atoms. The van der Waals surface area contributed by atoms with Crippen LogP contribution in [0.3, 0.4) is 0 Å². The van der Waals surface area contributed by atoms with Crippen LogP contribution in [0.1, 0.15) is 37.0 Å². The third kappa shape index (κ3) is 1.89. The van der Waals surface area contributed by atoms with E-state index >= 15 is 0 Å². The SMILES string of the molecule is Cc1cc2c(c(C)c1O)CCC(C)(C(C)O)O2. The van der Waals surface area contributed by atoms with Gasteiger partial charge in [0.1, 0.15) is 17.1 Å². The lowest BCUT2D eigenvalue weighted by Gasteiger charge is -2.38. The number of phenolic OH excluding ortho intramolecular Hbond substituents is 1. The van der Waals surface area contributed by atoms with E-state index in [2.05, 4.69) is 0 Å². The van der Waals surface area contributed by atoms with E-state index < -0.39 is 11.7 Å². The van der Waals surface area contributed by atoms with Crippen LogP contribution in [-0.2, 0) is 6.42 Å². The van der Waals surface area contributed by atoms with Gasteiger partial charge >= 0.3 is 0 Å². The van der Waals surface area contributed by atoms with E-state index in [1.54, 1.807) is 6.92 Å². The zero-order valence-corrected chi connectivity index (χ0v) is 10.9. The van der Waals surface area contributed by atoms with Gasteiger partial charge in [-0.1, -0.05) is 0 Å². The van der Waals surface area contributed by atoms with Gasteiger partial charge in [0.2, 0.25) is 0 Å². The number of phenols is 1. The fourth-order valence-corrected chi connectivity index (χ4v) is 2.35. The van der Waals surface area contributed by atoms with Crippen LogP contribution in [0.5, 0.6) is 11.5 Å². The topological polar surface area (TPSA) is 49.7 Å². The Morgan fingerprint density at radius 1 is 1.41 bits per heavy atom. The molecule has 1 heterocycles. The Kier molecular flexibility index (Phi) is 2.82. The van der Waals surface area contributed by atoms with E-state index in [0.717, 1.165) is 35.3 Å².